The van der Waals surface area contributed by atoms with Gasteiger partial charge in [-0.25, -0.2) is 0 Å². The smallest absolute Gasteiger partial charge is 0.262 e. The molecule has 0 amide bonds. The van der Waals surface area contributed by atoms with E-state index in [1.54, 1.807) is 0 Å². The molecular weight excluding hydrogens is 858 g/mol. The monoisotopic (exact) mass is 905 g/mol. The molecule has 5 heterocycles. The summed E-state index contributed by atoms with van der Waals surface area (Å²) in [5, 5.41) is 4.21. The Hall–Kier alpha value is -7.59. The van der Waals surface area contributed by atoms with Crippen molar-refractivity contribution in [3.8, 4) is 5.75 Å². The number of para-hydroxylation sites is 2. The molecule has 0 bridgehead atoms. The van der Waals surface area contributed by atoms with Crippen LogP contribution >= 0.6 is 7.55 Å². The Kier molecular flexibility index (Phi) is 8.26. The standard InChI is InChI=1S/C63H47BN2O2P/c1-62-35-21-20-34-52(62)68-49-37-51-56-60(54(49)62)65(43-27-12-5-13-28-43)58-47(40-22-8-3-9-23-40)38-63(2,42-25-10-4-11-26-42)61-57(58)64(56)55-50(69(51)45-31-16-7-17-32-45)36-48-53(46-33-19-18-24-41(46)39-67-48)59(55)66(61)44-29-14-6-15-30-44/h3-35,37,52H,36,38-39H2,1-2H3/q+1. The molecule has 6 heteroatoms. The van der Waals surface area contributed by atoms with Crippen LogP contribution in [0.4, 0.5) is 17.1 Å². The minimum absolute atomic E-state index is 0.0892. The fourth-order valence-corrected chi connectivity index (χ4v) is 16.2. The number of hydrogen-bond donors (Lipinski definition) is 0. The van der Waals surface area contributed by atoms with Crippen molar-refractivity contribution in [2.24, 2.45) is 0 Å². The average molecular weight is 906 g/mol. The number of ether oxygens (including phenoxy) is 2. The molecule has 0 radical (unpaired) electrons. The molecule has 0 spiro atoms. The van der Waals surface area contributed by atoms with E-state index < -0.39 is 18.4 Å². The molecule has 8 aliphatic rings. The van der Waals surface area contributed by atoms with Gasteiger partial charge in [0, 0.05) is 56.3 Å². The molecule has 0 N–H and O–H groups in total. The van der Waals surface area contributed by atoms with Gasteiger partial charge in [-0.05, 0) is 96.0 Å². The van der Waals surface area contributed by atoms with Crippen LogP contribution in [0.25, 0.3) is 11.1 Å². The van der Waals surface area contributed by atoms with Crippen LogP contribution in [0.3, 0.4) is 0 Å². The van der Waals surface area contributed by atoms with E-state index in [1.165, 1.54) is 94.1 Å². The number of anilines is 3. The Balaban J connectivity index is 1.21. The molecule has 0 saturated heterocycles. The molecule has 0 fully saturated rings. The second-order valence-electron chi connectivity index (χ2n) is 20.0. The van der Waals surface area contributed by atoms with E-state index in [4.69, 9.17) is 9.47 Å². The second kappa shape index (κ2) is 14.5. The van der Waals surface area contributed by atoms with E-state index in [0.29, 0.717) is 6.61 Å². The summed E-state index contributed by atoms with van der Waals surface area (Å²) in [4.78, 5) is 5.44. The second-order valence-corrected chi connectivity index (χ2v) is 22.2. The third-order valence-electron chi connectivity index (χ3n) is 16.3. The topological polar surface area (TPSA) is 24.9 Å². The highest BCUT2D eigenvalue weighted by atomic mass is 31.1. The first-order chi connectivity index (χ1) is 34.0. The number of nitrogens with zero attached hydrogens (tertiary/aromatic N) is 2. The Bertz CT molecular complexity index is 3610. The van der Waals surface area contributed by atoms with Crippen LogP contribution in [0.15, 0.2) is 240 Å². The quantitative estimate of drug-likeness (QED) is 0.127. The zero-order valence-corrected chi connectivity index (χ0v) is 39.5. The molecule has 4 nitrogen and oxygen atoms in total. The Labute approximate surface area is 405 Å². The van der Waals surface area contributed by atoms with Gasteiger partial charge in [0.1, 0.15) is 29.5 Å². The summed E-state index contributed by atoms with van der Waals surface area (Å²) in [5.41, 5.74) is 19.7. The van der Waals surface area contributed by atoms with Gasteiger partial charge >= 0.3 is 0 Å². The molecule has 5 aliphatic heterocycles. The van der Waals surface area contributed by atoms with Gasteiger partial charge in [0.15, 0.2) is 18.2 Å². The summed E-state index contributed by atoms with van der Waals surface area (Å²) >= 11 is 0. The Morgan fingerprint density at radius 2 is 1.32 bits per heavy atom. The maximum absolute atomic E-state index is 7.31. The summed E-state index contributed by atoms with van der Waals surface area (Å²) in [6, 6.07) is 68.0. The first-order valence-electron chi connectivity index (χ1n) is 24.4. The summed E-state index contributed by atoms with van der Waals surface area (Å²) in [5.74, 6) is 2.07. The fourth-order valence-electron chi connectivity index (χ4n) is 13.4. The van der Waals surface area contributed by atoms with Gasteiger partial charge < -0.3 is 19.3 Å². The van der Waals surface area contributed by atoms with Crippen molar-refractivity contribution in [2.45, 2.75) is 50.2 Å². The fraction of sp³-hybridized carbons (Fsp3) is 0.127. The van der Waals surface area contributed by atoms with E-state index >= 15 is 0 Å². The molecule has 15 rings (SSSR count). The molecule has 4 atom stereocenters. The van der Waals surface area contributed by atoms with Crippen molar-refractivity contribution < 1.29 is 9.47 Å². The Morgan fingerprint density at radius 3 is 2.06 bits per heavy atom. The van der Waals surface area contributed by atoms with Crippen molar-refractivity contribution in [1.29, 1.82) is 0 Å². The molecule has 3 aliphatic carbocycles. The number of rotatable bonds is 5. The molecule has 7 aromatic rings. The van der Waals surface area contributed by atoms with E-state index in [1.807, 2.05) is 0 Å². The van der Waals surface area contributed by atoms with Gasteiger partial charge in [-0.3, -0.25) is 0 Å². The average Bonchev–Trinajstić information content (AvgIpc) is 3.71. The number of fused-ring (bicyclic) bond motifs is 7. The molecule has 69 heavy (non-hydrogen) atoms. The molecular formula is C63H47BN2O2P+. The Morgan fingerprint density at radius 1 is 0.667 bits per heavy atom. The van der Waals surface area contributed by atoms with Gasteiger partial charge in [0.2, 0.25) is 0 Å². The third kappa shape index (κ3) is 5.29. The van der Waals surface area contributed by atoms with Gasteiger partial charge in [-0.15, -0.1) is 0 Å². The van der Waals surface area contributed by atoms with E-state index in [2.05, 4.69) is 230 Å². The SMILES string of the molecule is CC1(c2ccccc2)CC(c2ccccc2)=C2C3=C1N(c1ccccc1)C1=C4B3c3c(cc5c(c3N2c2ccccc2)C2(C)C=CC=CC2O5)[P+](c2ccccc2)=C4CC2=C1c1ccccc1CO2. The van der Waals surface area contributed by atoms with Crippen LogP contribution in [-0.2, 0) is 22.2 Å². The maximum Gasteiger partial charge on any atom is 0.262 e. The van der Waals surface area contributed by atoms with Crippen molar-refractivity contribution in [1.82, 2.24) is 0 Å². The van der Waals surface area contributed by atoms with Crippen molar-refractivity contribution >= 4 is 63.8 Å². The lowest BCUT2D eigenvalue weighted by Gasteiger charge is -2.56. The lowest BCUT2D eigenvalue weighted by atomic mass is 9.29. The molecule has 0 aromatic heterocycles. The number of allylic oxidation sites excluding steroid dienone is 8. The lowest BCUT2D eigenvalue weighted by molar-refractivity contribution is 0.192. The van der Waals surface area contributed by atoms with Crippen molar-refractivity contribution in [2.75, 3.05) is 9.80 Å². The van der Waals surface area contributed by atoms with Gasteiger partial charge in [0.25, 0.3) is 6.71 Å². The highest BCUT2D eigenvalue weighted by molar-refractivity contribution is 7.75. The third-order valence-corrected chi connectivity index (χ3v) is 18.9. The van der Waals surface area contributed by atoms with E-state index in [-0.39, 0.29) is 12.8 Å². The normalized spacial score (nSPS) is 23.6. The van der Waals surface area contributed by atoms with Gasteiger partial charge in [0.05, 0.1) is 23.2 Å². The summed E-state index contributed by atoms with van der Waals surface area (Å²) < 4.78 is 14.5. The van der Waals surface area contributed by atoms with Crippen molar-refractivity contribution in [3.63, 3.8) is 0 Å². The summed E-state index contributed by atoms with van der Waals surface area (Å²) in [6.45, 7) is 5.41. The van der Waals surface area contributed by atoms with Crippen LogP contribution in [0, 0.1) is 0 Å². The number of hydrogen-bond acceptors (Lipinski definition) is 4. The van der Waals surface area contributed by atoms with Gasteiger partial charge in [-0.1, -0.05) is 158 Å². The molecule has 7 aromatic carbocycles. The van der Waals surface area contributed by atoms with Crippen LogP contribution in [-0.4, -0.2) is 18.1 Å². The minimum atomic E-state index is -1.09. The van der Waals surface area contributed by atoms with E-state index in [0.717, 1.165) is 35.7 Å². The highest BCUT2D eigenvalue weighted by Gasteiger charge is 2.63. The number of benzene rings is 7. The predicted molar refractivity (Wildman–Crippen MR) is 286 cm³/mol. The maximum atomic E-state index is 7.31. The van der Waals surface area contributed by atoms with Crippen LogP contribution < -0.4 is 30.6 Å². The summed E-state index contributed by atoms with van der Waals surface area (Å²) in [7, 11) is -1.09. The van der Waals surface area contributed by atoms with Crippen molar-refractivity contribution in [3.05, 3.63) is 268 Å². The zero-order valence-electron chi connectivity index (χ0n) is 38.6. The van der Waals surface area contributed by atoms with Crippen LogP contribution in [0.2, 0.25) is 0 Å². The zero-order chi connectivity index (χ0) is 45.6. The van der Waals surface area contributed by atoms with Crippen LogP contribution in [0.5, 0.6) is 5.75 Å². The lowest BCUT2D eigenvalue weighted by Crippen LogP contribution is -2.62. The first-order valence-corrected chi connectivity index (χ1v) is 25.8. The summed E-state index contributed by atoms with van der Waals surface area (Å²) in [6.07, 6.45) is 10.5. The predicted octanol–water partition coefficient (Wildman–Crippen LogP) is 12.5. The van der Waals surface area contributed by atoms with Crippen LogP contribution in [0.1, 0.15) is 54.5 Å². The first kappa shape index (κ1) is 39.4. The highest BCUT2D eigenvalue weighted by Crippen LogP contribution is 2.64. The molecule has 0 saturated carbocycles. The minimum Gasteiger partial charge on any atom is -0.492 e. The van der Waals surface area contributed by atoms with E-state index in [9.17, 15) is 0 Å². The van der Waals surface area contributed by atoms with Gasteiger partial charge in [-0.2, -0.15) is 0 Å². The molecule has 328 valence electrons. The largest absolute Gasteiger partial charge is 0.492 e. The molecule has 4 unspecified atom stereocenters.